The number of thioether (sulfide) groups is 1. The second-order valence-electron chi connectivity index (χ2n) is 2.81. The van der Waals surface area contributed by atoms with Crippen molar-refractivity contribution in [1.82, 2.24) is 0 Å². The molecule has 1 aromatic carbocycles. The summed E-state index contributed by atoms with van der Waals surface area (Å²) in [5.74, 6) is 0.887. The zero-order valence-corrected chi connectivity index (χ0v) is 10.6. The fraction of sp³-hybridized carbons (Fsp3) is 0.182. The van der Waals surface area contributed by atoms with Crippen molar-refractivity contribution >= 4 is 37.4 Å². The van der Waals surface area contributed by atoms with Gasteiger partial charge in [-0.05, 0) is 0 Å². The Morgan fingerprint density at radius 3 is 2.71 bits per heavy atom. The normalized spacial score (nSPS) is 11.4. The molecule has 1 rings (SSSR count). The fourth-order valence-corrected chi connectivity index (χ4v) is 1.97. The van der Waals surface area contributed by atoms with Crippen molar-refractivity contribution in [3.63, 3.8) is 0 Å². The SMILES string of the molecule is C=CCSC([Se])=Nc1ccc(C)cc1. The van der Waals surface area contributed by atoms with Crippen LogP contribution in [0.1, 0.15) is 5.56 Å². The second-order valence-corrected chi connectivity index (χ2v) is 5.22. The summed E-state index contributed by atoms with van der Waals surface area (Å²) in [6.07, 6.45) is 1.87. The monoisotopic (exact) mass is 270 g/mol. The van der Waals surface area contributed by atoms with Gasteiger partial charge in [-0.15, -0.1) is 0 Å². The van der Waals surface area contributed by atoms with Crippen LogP contribution in [-0.4, -0.2) is 25.7 Å². The van der Waals surface area contributed by atoms with E-state index in [4.69, 9.17) is 0 Å². The fourth-order valence-electron chi connectivity index (χ4n) is 0.887. The Morgan fingerprint density at radius 2 is 2.14 bits per heavy atom. The number of benzene rings is 1. The Morgan fingerprint density at radius 1 is 1.50 bits per heavy atom. The van der Waals surface area contributed by atoms with Gasteiger partial charge in [-0.2, -0.15) is 0 Å². The third-order valence-corrected chi connectivity index (χ3v) is 3.25. The van der Waals surface area contributed by atoms with Crippen molar-refractivity contribution in [2.75, 3.05) is 5.75 Å². The Kier molecular flexibility index (Phi) is 5.02. The van der Waals surface area contributed by atoms with Crippen LogP contribution >= 0.6 is 11.8 Å². The van der Waals surface area contributed by atoms with Gasteiger partial charge in [-0.1, -0.05) is 0 Å². The van der Waals surface area contributed by atoms with Gasteiger partial charge >= 0.3 is 97.6 Å². The van der Waals surface area contributed by atoms with Gasteiger partial charge in [0, 0.05) is 0 Å². The van der Waals surface area contributed by atoms with E-state index in [1.54, 1.807) is 11.8 Å². The van der Waals surface area contributed by atoms with Crippen LogP contribution in [0.5, 0.6) is 0 Å². The molecule has 0 amide bonds. The molecule has 0 unspecified atom stereocenters. The van der Waals surface area contributed by atoms with E-state index in [0.29, 0.717) is 0 Å². The zero-order valence-electron chi connectivity index (χ0n) is 8.06. The molecule has 0 heterocycles. The number of aryl methyl sites for hydroxylation is 1. The van der Waals surface area contributed by atoms with Gasteiger partial charge in [0.05, 0.1) is 0 Å². The first-order chi connectivity index (χ1) is 6.72. The van der Waals surface area contributed by atoms with E-state index in [1.165, 1.54) is 5.56 Å². The van der Waals surface area contributed by atoms with E-state index in [0.717, 1.165) is 15.4 Å². The van der Waals surface area contributed by atoms with Crippen molar-refractivity contribution in [2.24, 2.45) is 4.99 Å². The van der Waals surface area contributed by atoms with E-state index in [1.807, 2.05) is 18.2 Å². The molecule has 3 heteroatoms. The molecule has 0 fully saturated rings. The van der Waals surface area contributed by atoms with Gasteiger partial charge < -0.3 is 0 Å². The van der Waals surface area contributed by atoms with Crippen molar-refractivity contribution < 1.29 is 0 Å². The molecule has 0 saturated heterocycles. The van der Waals surface area contributed by atoms with E-state index in [-0.39, 0.29) is 0 Å². The molecule has 73 valence electrons. The Labute approximate surface area is 97.5 Å². The Bertz CT molecular complexity index is 330. The maximum absolute atomic E-state index is 4.41. The summed E-state index contributed by atoms with van der Waals surface area (Å²) >= 11 is 4.59. The van der Waals surface area contributed by atoms with Gasteiger partial charge in [0.25, 0.3) is 0 Å². The molecule has 0 saturated carbocycles. The summed E-state index contributed by atoms with van der Waals surface area (Å²) in [4.78, 5) is 4.41. The molecular formula is C11H12NSSe. The average Bonchev–Trinajstić information content (AvgIpc) is 2.18. The molecule has 1 radical (unpaired) electrons. The molecule has 1 nitrogen and oxygen atoms in total. The van der Waals surface area contributed by atoms with Crippen LogP contribution in [0.25, 0.3) is 0 Å². The zero-order chi connectivity index (χ0) is 10.4. The minimum absolute atomic E-state index is 0.887. The minimum atomic E-state index is 0.887. The summed E-state index contributed by atoms with van der Waals surface area (Å²) in [5, 5.41) is 0. The van der Waals surface area contributed by atoms with Crippen LogP contribution in [-0.2, 0) is 0 Å². The van der Waals surface area contributed by atoms with Crippen molar-refractivity contribution in [3.05, 3.63) is 42.5 Å². The number of nitrogens with zero attached hydrogens (tertiary/aromatic N) is 1. The predicted octanol–water partition coefficient (Wildman–Crippen LogP) is 3.07. The second kappa shape index (κ2) is 6.07. The van der Waals surface area contributed by atoms with Crippen molar-refractivity contribution in [1.29, 1.82) is 0 Å². The number of hydrogen-bond donors (Lipinski definition) is 0. The molecule has 0 N–H and O–H groups in total. The first-order valence-electron chi connectivity index (χ1n) is 4.28. The molecule has 0 aliphatic heterocycles. The van der Waals surface area contributed by atoms with Crippen LogP contribution in [0.3, 0.4) is 0 Å². The number of aliphatic imine (C=N–C) groups is 1. The van der Waals surface area contributed by atoms with Crippen molar-refractivity contribution in [2.45, 2.75) is 6.92 Å². The molecule has 0 bridgehead atoms. The third-order valence-electron chi connectivity index (χ3n) is 1.58. The van der Waals surface area contributed by atoms with Gasteiger partial charge in [0.2, 0.25) is 0 Å². The molecule has 1 aromatic rings. The summed E-state index contributed by atoms with van der Waals surface area (Å²) in [6, 6.07) is 8.15. The third kappa shape index (κ3) is 4.14. The molecule has 14 heavy (non-hydrogen) atoms. The Balaban J connectivity index is 2.66. The van der Waals surface area contributed by atoms with Gasteiger partial charge in [0.1, 0.15) is 0 Å². The quantitative estimate of drug-likeness (QED) is 0.355. The first kappa shape index (κ1) is 11.6. The van der Waals surface area contributed by atoms with Crippen LogP contribution in [0.2, 0.25) is 0 Å². The molecule has 0 aliphatic carbocycles. The van der Waals surface area contributed by atoms with Crippen molar-refractivity contribution in [3.8, 4) is 0 Å². The molecule has 0 atom stereocenters. The summed E-state index contributed by atoms with van der Waals surface area (Å²) < 4.78 is 0.953. The molecule has 0 aliphatic rings. The van der Waals surface area contributed by atoms with Gasteiger partial charge in [0.15, 0.2) is 0 Å². The van der Waals surface area contributed by atoms with Crippen LogP contribution < -0.4 is 0 Å². The molecule has 0 spiro atoms. The van der Waals surface area contributed by atoms with E-state index >= 15 is 0 Å². The van der Waals surface area contributed by atoms with Gasteiger partial charge in [-0.3, -0.25) is 0 Å². The van der Waals surface area contributed by atoms with E-state index in [9.17, 15) is 0 Å². The Hall–Kier alpha value is -0.501. The maximum atomic E-state index is 4.41. The average molecular weight is 269 g/mol. The predicted molar refractivity (Wildman–Crippen MR) is 66.7 cm³/mol. The molecular weight excluding hydrogens is 257 g/mol. The summed E-state index contributed by atoms with van der Waals surface area (Å²) in [7, 11) is 0. The first-order valence-corrected chi connectivity index (χ1v) is 6.12. The van der Waals surface area contributed by atoms with Crippen LogP contribution in [0.4, 0.5) is 5.69 Å². The standard InChI is InChI=1S/C11H12NSSe/c1-3-8-13-11(14)12-10-6-4-9(2)5-7-10/h3-7H,1,8H2,2H3. The topological polar surface area (TPSA) is 12.4 Å². The molecule has 0 aromatic heterocycles. The van der Waals surface area contributed by atoms with Crippen LogP contribution in [0, 0.1) is 6.92 Å². The number of rotatable bonds is 3. The number of hydrogen-bond acceptors (Lipinski definition) is 2. The van der Waals surface area contributed by atoms with Gasteiger partial charge in [-0.25, -0.2) is 0 Å². The summed E-state index contributed by atoms with van der Waals surface area (Å²) in [5.41, 5.74) is 2.24. The van der Waals surface area contributed by atoms with E-state index < -0.39 is 0 Å². The van der Waals surface area contributed by atoms with Crippen LogP contribution in [0.15, 0.2) is 41.9 Å². The van der Waals surface area contributed by atoms with E-state index in [2.05, 4.69) is 46.6 Å². The summed E-state index contributed by atoms with van der Waals surface area (Å²) in [6.45, 7) is 5.73.